The molecule has 0 saturated carbocycles. The number of alkyl halides is 3. The number of hydrogen-bond donors (Lipinski definition) is 1. The largest absolute Gasteiger partial charge is 0.408 e. The first kappa shape index (κ1) is 17.6. The van der Waals surface area contributed by atoms with Gasteiger partial charge in [-0.2, -0.15) is 13.2 Å². The Balaban J connectivity index is 1.95. The van der Waals surface area contributed by atoms with Gasteiger partial charge in [0.2, 0.25) is 0 Å². The van der Waals surface area contributed by atoms with Gasteiger partial charge in [-0.05, 0) is 18.4 Å². The lowest BCUT2D eigenvalue weighted by atomic mass is 10.1. The highest BCUT2D eigenvalue weighted by Crippen LogP contribution is 2.23. The number of hydrogen-bond acceptors (Lipinski definition) is 2. The van der Waals surface area contributed by atoms with Crippen molar-refractivity contribution in [1.82, 2.24) is 10.2 Å². The Bertz CT molecular complexity index is 502. The number of urea groups is 1. The van der Waals surface area contributed by atoms with E-state index in [2.05, 4.69) is 5.32 Å². The summed E-state index contributed by atoms with van der Waals surface area (Å²) in [6.07, 6.45) is -3.15. The number of benzene rings is 1. The van der Waals surface area contributed by atoms with Crippen molar-refractivity contribution in [3.05, 3.63) is 35.9 Å². The van der Waals surface area contributed by atoms with Gasteiger partial charge in [-0.25, -0.2) is 4.79 Å². The summed E-state index contributed by atoms with van der Waals surface area (Å²) in [6, 6.07) is 5.66. The molecule has 1 aromatic rings. The van der Waals surface area contributed by atoms with Crippen molar-refractivity contribution in [2.75, 3.05) is 20.2 Å². The maximum absolute atomic E-state index is 13.2. The fraction of sp³-hybridized carbons (Fsp3) is 0.562. The van der Waals surface area contributed by atoms with Gasteiger partial charge in [-0.15, -0.1) is 0 Å². The molecule has 128 valence electrons. The number of nitrogens with one attached hydrogen (secondary N) is 1. The molecule has 1 aliphatic heterocycles. The van der Waals surface area contributed by atoms with Gasteiger partial charge in [0.1, 0.15) is 6.04 Å². The first-order valence-electron chi connectivity index (χ1n) is 7.60. The summed E-state index contributed by atoms with van der Waals surface area (Å²) < 4.78 is 44.9. The molecule has 1 fully saturated rings. The number of nitrogens with zero attached hydrogens (tertiary/aromatic N) is 1. The smallest absolute Gasteiger partial charge is 0.376 e. The molecule has 2 rings (SSSR count). The zero-order valence-corrected chi connectivity index (χ0v) is 13.0. The Morgan fingerprint density at radius 1 is 1.39 bits per heavy atom. The zero-order valence-electron chi connectivity index (χ0n) is 13.0. The van der Waals surface area contributed by atoms with Crippen LogP contribution in [0.5, 0.6) is 0 Å². The predicted octanol–water partition coefficient (Wildman–Crippen LogP) is 2.98. The molecule has 1 N–H and O–H groups in total. The number of carbonyl (C=O) groups is 1. The quantitative estimate of drug-likeness (QED) is 0.902. The van der Waals surface area contributed by atoms with Crippen LogP contribution < -0.4 is 5.32 Å². The number of carbonyl (C=O) groups excluding carboxylic acids is 1. The Kier molecular flexibility index (Phi) is 5.87. The van der Waals surface area contributed by atoms with Crippen LogP contribution in [0, 0.1) is 0 Å². The van der Waals surface area contributed by atoms with Crippen LogP contribution in [-0.4, -0.2) is 49.5 Å². The lowest BCUT2D eigenvalue weighted by Crippen LogP contribution is -2.51. The van der Waals surface area contributed by atoms with Crippen LogP contribution in [0.15, 0.2) is 30.3 Å². The third kappa shape index (κ3) is 5.42. The molecular weight excluding hydrogens is 309 g/mol. The van der Waals surface area contributed by atoms with Crippen molar-refractivity contribution >= 4 is 6.03 Å². The number of ether oxygens (including phenoxy) is 1. The molecule has 1 saturated heterocycles. The average Bonchev–Trinajstić information content (AvgIpc) is 2.99. The molecule has 1 aromatic carbocycles. The lowest BCUT2D eigenvalue weighted by molar-refractivity contribution is -0.153. The van der Waals surface area contributed by atoms with Crippen LogP contribution in [0.2, 0.25) is 0 Å². The minimum Gasteiger partial charge on any atom is -0.376 e. The second-order valence-corrected chi connectivity index (χ2v) is 5.75. The van der Waals surface area contributed by atoms with Gasteiger partial charge in [-0.3, -0.25) is 0 Å². The van der Waals surface area contributed by atoms with Crippen molar-refractivity contribution in [2.45, 2.75) is 37.6 Å². The maximum Gasteiger partial charge on any atom is 0.408 e. The van der Waals surface area contributed by atoms with Gasteiger partial charge in [0.15, 0.2) is 0 Å². The van der Waals surface area contributed by atoms with Crippen LogP contribution in [0.3, 0.4) is 0 Å². The molecule has 1 aliphatic rings. The van der Waals surface area contributed by atoms with Crippen molar-refractivity contribution in [3.63, 3.8) is 0 Å². The summed E-state index contributed by atoms with van der Waals surface area (Å²) >= 11 is 0. The van der Waals surface area contributed by atoms with Gasteiger partial charge >= 0.3 is 12.2 Å². The van der Waals surface area contributed by atoms with Crippen LogP contribution in [-0.2, 0) is 11.2 Å². The highest BCUT2D eigenvalue weighted by atomic mass is 19.4. The number of amides is 2. The summed E-state index contributed by atoms with van der Waals surface area (Å²) in [5.41, 5.74) is 0.525. The van der Waals surface area contributed by atoms with Crippen LogP contribution in [0.4, 0.5) is 18.0 Å². The minimum absolute atomic E-state index is 0.0933. The van der Waals surface area contributed by atoms with E-state index in [-0.39, 0.29) is 12.5 Å². The molecule has 0 bridgehead atoms. The Hall–Kier alpha value is -1.76. The molecule has 23 heavy (non-hydrogen) atoms. The first-order valence-corrected chi connectivity index (χ1v) is 7.60. The first-order chi connectivity index (χ1) is 10.9. The van der Waals surface area contributed by atoms with Crippen LogP contribution in [0.25, 0.3) is 0 Å². The van der Waals surface area contributed by atoms with Crippen molar-refractivity contribution in [2.24, 2.45) is 0 Å². The molecule has 0 spiro atoms. The van der Waals surface area contributed by atoms with E-state index in [1.807, 2.05) is 0 Å². The number of halogens is 3. The molecule has 0 aromatic heterocycles. The normalized spacial score (nSPS) is 19.4. The molecule has 2 atom stereocenters. The molecule has 0 aliphatic carbocycles. The minimum atomic E-state index is -4.50. The molecule has 0 radical (unpaired) electrons. The van der Waals surface area contributed by atoms with Crippen molar-refractivity contribution in [3.8, 4) is 0 Å². The van der Waals surface area contributed by atoms with E-state index in [0.717, 1.165) is 12.8 Å². The van der Waals surface area contributed by atoms with Crippen LogP contribution in [0.1, 0.15) is 18.4 Å². The van der Waals surface area contributed by atoms with E-state index >= 15 is 0 Å². The molecule has 1 heterocycles. The second-order valence-electron chi connectivity index (χ2n) is 5.75. The topological polar surface area (TPSA) is 41.6 Å². The van der Waals surface area contributed by atoms with Gasteiger partial charge in [-0.1, -0.05) is 30.3 Å². The Morgan fingerprint density at radius 3 is 2.65 bits per heavy atom. The Morgan fingerprint density at radius 2 is 2.09 bits per heavy atom. The summed E-state index contributed by atoms with van der Waals surface area (Å²) in [7, 11) is 1.48. The van der Waals surface area contributed by atoms with Crippen molar-refractivity contribution < 1.29 is 22.7 Å². The van der Waals surface area contributed by atoms with E-state index < -0.39 is 18.2 Å². The Labute approximate surface area is 133 Å². The molecule has 0 unspecified atom stereocenters. The van der Waals surface area contributed by atoms with Gasteiger partial charge < -0.3 is 15.0 Å². The van der Waals surface area contributed by atoms with E-state index in [1.54, 1.807) is 30.3 Å². The SMILES string of the molecule is CN(C[C@H]1CCCO1)C(=O)N[C@@H](Cc1ccccc1)C(F)(F)F. The average molecular weight is 330 g/mol. The maximum atomic E-state index is 13.2. The van der Waals surface area contributed by atoms with E-state index in [0.29, 0.717) is 18.7 Å². The molecule has 2 amide bonds. The standard InChI is InChI=1S/C16H21F3N2O2/c1-21(11-13-8-5-9-23-13)15(22)20-14(16(17,18)19)10-12-6-3-2-4-7-12/h2-4,6-7,13-14H,5,8-11H2,1H3,(H,20,22)/t13-,14+/m1/s1. The van der Waals surface area contributed by atoms with Gasteiger partial charge in [0.25, 0.3) is 0 Å². The third-order valence-corrected chi connectivity index (χ3v) is 3.82. The summed E-state index contributed by atoms with van der Waals surface area (Å²) in [5, 5.41) is 2.09. The number of rotatable bonds is 5. The fourth-order valence-electron chi connectivity index (χ4n) is 2.53. The molecular formula is C16H21F3N2O2. The lowest BCUT2D eigenvalue weighted by Gasteiger charge is -2.26. The fourth-order valence-corrected chi connectivity index (χ4v) is 2.53. The number of likely N-dealkylation sites (N-methyl/N-ethyl adjacent to an activating group) is 1. The summed E-state index contributed by atoms with van der Waals surface area (Å²) in [5.74, 6) is 0. The monoisotopic (exact) mass is 330 g/mol. The van der Waals surface area contributed by atoms with E-state index in [1.165, 1.54) is 11.9 Å². The second kappa shape index (κ2) is 7.68. The predicted molar refractivity (Wildman–Crippen MR) is 80.1 cm³/mol. The van der Waals surface area contributed by atoms with E-state index in [4.69, 9.17) is 4.74 Å². The highest BCUT2D eigenvalue weighted by molar-refractivity contribution is 5.74. The van der Waals surface area contributed by atoms with Gasteiger partial charge in [0, 0.05) is 26.6 Å². The highest BCUT2D eigenvalue weighted by Gasteiger charge is 2.41. The molecule has 4 nitrogen and oxygen atoms in total. The van der Waals surface area contributed by atoms with Gasteiger partial charge in [0.05, 0.1) is 6.10 Å². The van der Waals surface area contributed by atoms with Crippen LogP contribution >= 0.6 is 0 Å². The zero-order chi connectivity index (χ0) is 16.9. The molecule has 7 heteroatoms. The van der Waals surface area contributed by atoms with E-state index in [9.17, 15) is 18.0 Å². The summed E-state index contributed by atoms with van der Waals surface area (Å²) in [4.78, 5) is 13.3. The summed E-state index contributed by atoms with van der Waals surface area (Å²) in [6.45, 7) is 0.932. The third-order valence-electron chi connectivity index (χ3n) is 3.82. The van der Waals surface area contributed by atoms with Crippen molar-refractivity contribution in [1.29, 1.82) is 0 Å².